The molecule has 1 N–H and O–H groups in total. The van der Waals surface area contributed by atoms with Crippen LogP contribution in [0.3, 0.4) is 0 Å². The number of carbonyl (C=O) groups is 2. The normalized spacial score (nSPS) is 27.6. The fourth-order valence-electron chi connectivity index (χ4n) is 2.18. The van der Waals surface area contributed by atoms with E-state index in [1.54, 1.807) is 0 Å². The molecule has 1 aliphatic carbocycles. The fourth-order valence-corrected chi connectivity index (χ4v) is 2.18. The van der Waals surface area contributed by atoms with E-state index < -0.39 is 5.97 Å². The van der Waals surface area contributed by atoms with E-state index in [1.807, 2.05) is 0 Å². The molecule has 1 aliphatic rings. The van der Waals surface area contributed by atoms with Gasteiger partial charge in [-0.2, -0.15) is 0 Å². The monoisotopic (exact) mass is 198 g/mol. The van der Waals surface area contributed by atoms with Gasteiger partial charge >= 0.3 is 5.97 Å². The lowest BCUT2D eigenvalue weighted by Crippen LogP contribution is -2.30. The number of carboxylic acids is 1. The van der Waals surface area contributed by atoms with E-state index in [1.165, 1.54) is 0 Å². The third kappa shape index (κ3) is 2.82. The predicted octanol–water partition coefficient (Wildman–Crippen LogP) is 2.25. The fraction of sp³-hybridized carbons (Fsp3) is 0.818. The van der Waals surface area contributed by atoms with Crippen LogP contribution >= 0.6 is 0 Å². The van der Waals surface area contributed by atoms with E-state index in [0.717, 1.165) is 19.3 Å². The standard InChI is InChI=1S/C11H18O3/c1-2-3-4-8-7-9(12)5-6-10(8)11(13)14/h8,10H,2-7H2,1H3,(H,13,14)/t8-,10+/m0/s1. The molecule has 1 fully saturated rings. The second kappa shape index (κ2) is 5.13. The van der Waals surface area contributed by atoms with E-state index in [0.29, 0.717) is 19.3 Å². The molecule has 1 saturated carbocycles. The molecule has 0 radical (unpaired) electrons. The number of Topliss-reactive ketones (excluding diaryl/α,β-unsaturated/α-hetero) is 1. The van der Waals surface area contributed by atoms with Crippen molar-refractivity contribution in [3.63, 3.8) is 0 Å². The summed E-state index contributed by atoms with van der Waals surface area (Å²) in [5.74, 6) is -0.671. The summed E-state index contributed by atoms with van der Waals surface area (Å²) < 4.78 is 0. The molecular formula is C11H18O3. The average Bonchev–Trinajstić information content (AvgIpc) is 2.14. The van der Waals surface area contributed by atoms with Crippen molar-refractivity contribution in [2.45, 2.75) is 45.4 Å². The van der Waals surface area contributed by atoms with E-state index in [4.69, 9.17) is 5.11 Å². The number of unbranched alkanes of at least 4 members (excludes halogenated alkanes) is 1. The van der Waals surface area contributed by atoms with Crippen LogP contribution in [0.5, 0.6) is 0 Å². The molecular weight excluding hydrogens is 180 g/mol. The van der Waals surface area contributed by atoms with Gasteiger partial charge in [-0.25, -0.2) is 0 Å². The molecule has 1 rings (SSSR count). The van der Waals surface area contributed by atoms with Gasteiger partial charge in [-0.15, -0.1) is 0 Å². The Kier molecular flexibility index (Phi) is 4.11. The van der Waals surface area contributed by atoms with Crippen molar-refractivity contribution >= 4 is 11.8 Å². The first-order valence-electron chi connectivity index (χ1n) is 5.39. The van der Waals surface area contributed by atoms with Crippen molar-refractivity contribution in [1.29, 1.82) is 0 Å². The lowest BCUT2D eigenvalue weighted by atomic mass is 9.76. The predicted molar refractivity (Wildman–Crippen MR) is 53.0 cm³/mol. The highest BCUT2D eigenvalue weighted by atomic mass is 16.4. The highest BCUT2D eigenvalue weighted by Gasteiger charge is 2.33. The third-order valence-corrected chi connectivity index (χ3v) is 3.04. The third-order valence-electron chi connectivity index (χ3n) is 3.04. The van der Waals surface area contributed by atoms with E-state index in [2.05, 4.69) is 6.92 Å². The minimum Gasteiger partial charge on any atom is -0.481 e. The summed E-state index contributed by atoms with van der Waals surface area (Å²) in [6, 6.07) is 0. The van der Waals surface area contributed by atoms with Crippen LogP contribution in [-0.2, 0) is 9.59 Å². The molecule has 0 heterocycles. The van der Waals surface area contributed by atoms with Crippen molar-refractivity contribution in [1.82, 2.24) is 0 Å². The first-order chi connectivity index (χ1) is 6.65. The summed E-state index contributed by atoms with van der Waals surface area (Å²) in [5.41, 5.74) is 0. The van der Waals surface area contributed by atoms with Gasteiger partial charge in [-0.05, 0) is 18.8 Å². The highest BCUT2D eigenvalue weighted by molar-refractivity contribution is 5.82. The molecule has 0 aromatic carbocycles. The second-order valence-corrected chi connectivity index (χ2v) is 4.13. The van der Waals surface area contributed by atoms with Crippen molar-refractivity contribution < 1.29 is 14.7 Å². The summed E-state index contributed by atoms with van der Waals surface area (Å²) in [6.45, 7) is 2.08. The van der Waals surface area contributed by atoms with E-state index in [9.17, 15) is 9.59 Å². The molecule has 3 heteroatoms. The van der Waals surface area contributed by atoms with Gasteiger partial charge < -0.3 is 5.11 Å². The molecule has 0 aromatic heterocycles. The Morgan fingerprint density at radius 2 is 2.29 bits per heavy atom. The topological polar surface area (TPSA) is 54.4 Å². The molecule has 0 spiro atoms. The Hall–Kier alpha value is -0.860. The van der Waals surface area contributed by atoms with Crippen LogP contribution in [0.4, 0.5) is 0 Å². The number of carbonyl (C=O) groups excluding carboxylic acids is 1. The molecule has 0 saturated heterocycles. The lowest BCUT2D eigenvalue weighted by Gasteiger charge is -2.27. The summed E-state index contributed by atoms with van der Waals surface area (Å²) in [5, 5.41) is 8.98. The van der Waals surface area contributed by atoms with Crippen LogP contribution in [0.1, 0.15) is 45.4 Å². The number of ketones is 1. The number of aliphatic carboxylic acids is 1. The maximum Gasteiger partial charge on any atom is 0.306 e. The Bertz CT molecular complexity index is 223. The maximum absolute atomic E-state index is 11.2. The Morgan fingerprint density at radius 3 is 2.86 bits per heavy atom. The SMILES string of the molecule is CCCC[C@H]1CC(=O)CC[C@H]1C(=O)O. The zero-order chi connectivity index (χ0) is 10.6. The van der Waals surface area contributed by atoms with Gasteiger partial charge in [-0.1, -0.05) is 19.8 Å². The number of rotatable bonds is 4. The van der Waals surface area contributed by atoms with E-state index >= 15 is 0 Å². The second-order valence-electron chi connectivity index (χ2n) is 4.13. The van der Waals surface area contributed by atoms with Gasteiger partial charge in [0.2, 0.25) is 0 Å². The molecule has 0 bridgehead atoms. The van der Waals surface area contributed by atoms with Gasteiger partial charge in [0.1, 0.15) is 5.78 Å². The van der Waals surface area contributed by atoms with Gasteiger partial charge in [0, 0.05) is 12.8 Å². The largest absolute Gasteiger partial charge is 0.481 e. The molecule has 0 amide bonds. The van der Waals surface area contributed by atoms with Crippen molar-refractivity contribution in [3.05, 3.63) is 0 Å². The van der Waals surface area contributed by atoms with Gasteiger partial charge in [0.05, 0.1) is 5.92 Å². The Balaban J connectivity index is 2.54. The molecule has 14 heavy (non-hydrogen) atoms. The van der Waals surface area contributed by atoms with Gasteiger partial charge in [-0.3, -0.25) is 9.59 Å². The quantitative estimate of drug-likeness (QED) is 0.753. The molecule has 3 nitrogen and oxygen atoms in total. The smallest absolute Gasteiger partial charge is 0.306 e. The molecule has 0 aliphatic heterocycles. The van der Waals surface area contributed by atoms with Gasteiger partial charge in [0.25, 0.3) is 0 Å². The van der Waals surface area contributed by atoms with Crippen LogP contribution in [0.15, 0.2) is 0 Å². The average molecular weight is 198 g/mol. The van der Waals surface area contributed by atoms with Crippen LogP contribution in [0.2, 0.25) is 0 Å². The van der Waals surface area contributed by atoms with E-state index in [-0.39, 0.29) is 17.6 Å². The van der Waals surface area contributed by atoms with Gasteiger partial charge in [0.15, 0.2) is 0 Å². The van der Waals surface area contributed by atoms with Crippen LogP contribution in [-0.4, -0.2) is 16.9 Å². The Labute approximate surface area is 84.5 Å². The van der Waals surface area contributed by atoms with Crippen molar-refractivity contribution in [2.24, 2.45) is 11.8 Å². The minimum absolute atomic E-state index is 0.0914. The maximum atomic E-state index is 11.2. The summed E-state index contributed by atoms with van der Waals surface area (Å²) in [4.78, 5) is 22.1. The summed E-state index contributed by atoms with van der Waals surface area (Å²) in [6.07, 6.45) is 4.47. The van der Waals surface area contributed by atoms with Crippen molar-refractivity contribution in [2.75, 3.05) is 0 Å². The zero-order valence-corrected chi connectivity index (χ0v) is 8.66. The lowest BCUT2D eigenvalue weighted by molar-refractivity contribution is -0.146. The molecule has 0 aromatic rings. The first-order valence-corrected chi connectivity index (χ1v) is 5.39. The number of hydrogen-bond donors (Lipinski definition) is 1. The highest BCUT2D eigenvalue weighted by Crippen LogP contribution is 2.31. The van der Waals surface area contributed by atoms with Crippen molar-refractivity contribution in [3.8, 4) is 0 Å². The first kappa shape index (κ1) is 11.2. The summed E-state index contributed by atoms with van der Waals surface area (Å²) >= 11 is 0. The summed E-state index contributed by atoms with van der Waals surface area (Å²) in [7, 11) is 0. The van der Waals surface area contributed by atoms with Crippen LogP contribution < -0.4 is 0 Å². The Morgan fingerprint density at radius 1 is 1.57 bits per heavy atom. The zero-order valence-electron chi connectivity index (χ0n) is 8.66. The molecule has 2 atom stereocenters. The molecule has 0 unspecified atom stereocenters. The van der Waals surface area contributed by atoms with Crippen LogP contribution in [0, 0.1) is 11.8 Å². The minimum atomic E-state index is -0.724. The van der Waals surface area contributed by atoms with Crippen LogP contribution in [0.25, 0.3) is 0 Å². The number of carboxylic acid groups (broad SMARTS) is 1. The molecule has 80 valence electrons. The number of hydrogen-bond acceptors (Lipinski definition) is 2.